The minimum Gasteiger partial charge on any atom is -0.316 e. The molecule has 0 fully saturated rings. The van der Waals surface area contributed by atoms with Crippen LogP contribution < -0.4 is 22.0 Å². The molecule has 0 aliphatic heterocycles. The third kappa shape index (κ3) is 3.68. The van der Waals surface area contributed by atoms with Crippen LogP contribution >= 0.6 is 11.3 Å². The van der Waals surface area contributed by atoms with E-state index < -0.39 is 17.0 Å². The Hall–Kier alpha value is -3.20. The van der Waals surface area contributed by atoms with E-state index in [4.69, 9.17) is 0 Å². The van der Waals surface area contributed by atoms with Gasteiger partial charge in [-0.3, -0.25) is 30.0 Å². The lowest BCUT2D eigenvalue weighted by atomic mass is 9.90. The summed E-state index contributed by atoms with van der Waals surface area (Å²) in [5.74, 6) is -0.258. The molecule has 2 amide bonds. The molecule has 3 N–H and O–H groups in total. The van der Waals surface area contributed by atoms with E-state index in [1.807, 2.05) is 6.07 Å². The maximum absolute atomic E-state index is 12.5. The molecule has 2 aromatic heterocycles. The van der Waals surface area contributed by atoms with Crippen molar-refractivity contribution in [3.8, 4) is 0 Å². The number of benzene rings is 1. The normalized spacial score (nSPS) is 15.6. The van der Waals surface area contributed by atoms with Gasteiger partial charge < -0.3 is 9.55 Å². The van der Waals surface area contributed by atoms with E-state index in [2.05, 4.69) is 22.8 Å². The molecular formula is C21H22N4O4S. The van der Waals surface area contributed by atoms with E-state index in [0.29, 0.717) is 28.4 Å². The van der Waals surface area contributed by atoms with Crippen LogP contribution in [0.5, 0.6) is 0 Å². The summed E-state index contributed by atoms with van der Waals surface area (Å²) >= 11 is 1.47. The average molecular weight is 426 g/mol. The zero-order chi connectivity index (χ0) is 21.4. The molecule has 0 spiro atoms. The molecule has 156 valence electrons. The van der Waals surface area contributed by atoms with E-state index in [-0.39, 0.29) is 11.5 Å². The lowest BCUT2D eigenvalue weighted by Crippen LogP contribution is -2.41. The molecular weight excluding hydrogens is 404 g/mol. The van der Waals surface area contributed by atoms with Gasteiger partial charge in [-0.05, 0) is 61.9 Å². The maximum atomic E-state index is 12.5. The van der Waals surface area contributed by atoms with Crippen molar-refractivity contribution in [2.24, 2.45) is 5.92 Å². The van der Waals surface area contributed by atoms with Crippen LogP contribution in [-0.4, -0.2) is 21.4 Å². The number of carbonyl (C=O) groups is 2. The number of aryl methyl sites for hydroxylation is 2. The zero-order valence-corrected chi connectivity index (χ0v) is 17.5. The second kappa shape index (κ2) is 7.91. The van der Waals surface area contributed by atoms with Gasteiger partial charge in [0.15, 0.2) is 0 Å². The van der Waals surface area contributed by atoms with E-state index in [1.165, 1.54) is 32.4 Å². The van der Waals surface area contributed by atoms with Crippen molar-refractivity contribution in [3.63, 3.8) is 0 Å². The van der Waals surface area contributed by atoms with Crippen molar-refractivity contribution < 1.29 is 9.59 Å². The monoisotopic (exact) mass is 426 g/mol. The Kier molecular flexibility index (Phi) is 5.29. The molecule has 4 rings (SSSR count). The molecule has 0 unspecified atom stereocenters. The lowest BCUT2D eigenvalue weighted by molar-refractivity contribution is 0.0849. The van der Waals surface area contributed by atoms with Gasteiger partial charge in [0.2, 0.25) is 0 Å². The molecule has 9 heteroatoms. The summed E-state index contributed by atoms with van der Waals surface area (Å²) in [6.07, 6.45) is 3.09. The van der Waals surface area contributed by atoms with Gasteiger partial charge in [0.25, 0.3) is 11.8 Å². The standard InChI is InChI=1S/C21H22N4O4S/c1-3-25-15-6-5-12(9-14(15)22-20(28)21(25)29)18(26)23-24-19(27)17-10-13-8-11(2)4-7-16(13)30-17/h5-6,9-11H,3-4,7-8H2,1-2H3,(H,22,28)(H,23,26)(H,24,27)/t11-/m0/s1. The highest BCUT2D eigenvalue weighted by atomic mass is 32.1. The summed E-state index contributed by atoms with van der Waals surface area (Å²) in [5, 5.41) is 0. The highest BCUT2D eigenvalue weighted by Gasteiger charge is 2.21. The molecule has 1 aliphatic carbocycles. The molecule has 0 radical (unpaired) electrons. The molecule has 0 bridgehead atoms. The number of hydrogen-bond acceptors (Lipinski definition) is 5. The predicted molar refractivity (Wildman–Crippen MR) is 115 cm³/mol. The van der Waals surface area contributed by atoms with Crippen molar-refractivity contribution in [2.75, 3.05) is 0 Å². The molecule has 1 aliphatic rings. The van der Waals surface area contributed by atoms with Crippen molar-refractivity contribution in [3.05, 3.63) is 65.9 Å². The van der Waals surface area contributed by atoms with E-state index in [1.54, 1.807) is 19.1 Å². The molecule has 2 heterocycles. The van der Waals surface area contributed by atoms with Crippen LogP contribution in [-0.2, 0) is 19.4 Å². The van der Waals surface area contributed by atoms with Gasteiger partial charge >= 0.3 is 11.1 Å². The van der Waals surface area contributed by atoms with Gasteiger partial charge in [0.1, 0.15) is 0 Å². The molecule has 1 aromatic carbocycles. The third-order valence-corrected chi connectivity index (χ3v) is 6.63. The number of amides is 2. The first kappa shape index (κ1) is 20.1. The number of thiophene rings is 1. The third-order valence-electron chi connectivity index (χ3n) is 5.40. The first-order chi connectivity index (χ1) is 14.4. The number of nitrogens with zero attached hydrogens (tertiary/aromatic N) is 1. The number of hydrazine groups is 1. The number of H-pyrrole nitrogens is 1. The van der Waals surface area contributed by atoms with Crippen LogP contribution in [0.2, 0.25) is 0 Å². The Balaban J connectivity index is 1.49. The number of nitrogens with one attached hydrogen (secondary N) is 3. The van der Waals surface area contributed by atoms with Crippen LogP contribution in [0.1, 0.15) is 50.7 Å². The second-order valence-electron chi connectivity index (χ2n) is 7.55. The lowest BCUT2D eigenvalue weighted by Gasteiger charge is -2.16. The molecule has 30 heavy (non-hydrogen) atoms. The van der Waals surface area contributed by atoms with Gasteiger partial charge in [-0.15, -0.1) is 11.3 Å². The Morgan fingerprint density at radius 1 is 1.20 bits per heavy atom. The fourth-order valence-corrected chi connectivity index (χ4v) is 4.90. The van der Waals surface area contributed by atoms with Crippen molar-refractivity contribution in [2.45, 2.75) is 39.7 Å². The summed E-state index contributed by atoms with van der Waals surface area (Å²) in [7, 11) is 0. The molecule has 3 aromatic rings. The molecule has 0 saturated heterocycles. The molecule has 1 atom stereocenters. The van der Waals surface area contributed by atoms with Gasteiger partial charge in [0, 0.05) is 17.0 Å². The number of aromatic nitrogens is 2. The van der Waals surface area contributed by atoms with Crippen molar-refractivity contribution in [1.82, 2.24) is 20.4 Å². The first-order valence-electron chi connectivity index (χ1n) is 9.86. The number of fused-ring (bicyclic) bond motifs is 2. The number of carbonyl (C=O) groups excluding carboxylic acids is 2. The number of hydrogen-bond donors (Lipinski definition) is 3. The second-order valence-corrected chi connectivity index (χ2v) is 8.69. The fourth-order valence-electron chi connectivity index (χ4n) is 3.80. The largest absolute Gasteiger partial charge is 0.316 e. The Labute approximate surface area is 175 Å². The fraction of sp³-hybridized carbons (Fsp3) is 0.333. The summed E-state index contributed by atoms with van der Waals surface area (Å²) in [6.45, 7) is 4.31. The van der Waals surface area contributed by atoms with Crippen LogP contribution in [0.25, 0.3) is 11.0 Å². The van der Waals surface area contributed by atoms with Crippen LogP contribution in [0, 0.1) is 5.92 Å². The van der Waals surface area contributed by atoms with E-state index in [0.717, 1.165) is 19.3 Å². The van der Waals surface area contributed by atoms with E-state index in [9.17, 15) is 19.2 Å². The number of rotatable bonds is 3. The van der Waals surface area contributed by atoms with Crippen LogP contribution in [0.15, 0.2) is 33.9 Å². The van der Waals surface area contributed by atoms with Gasteiger partial charge in [0.05, 0.1) is 15.9 Å². The summed E-state index contributed by atoms with van der Waals surface area (Å²) < 4.78 is 1.34. The number of aromatic amines is 1. The van der Waals surface area contributed by atoms with Gasteiger partial charge in [-0.25, -0.2) is 0 Å². The smallest absolute Gasteiger partial charge is 0.316 e. The van der Waals surface area contributed by atoms with E-state index >= 15 is 0 Å². The Morgan fingerprint density at radius 2 is 1.97 bits per heavy atom. The zero-order valence-electron chi connectivity index (χ0n) is 16.7. The average Bonchev–Trinajstić information content (AvgIpc) is 3.15. The quantitative estimate of drug-likeness (QED) is 0.439. The van der Waals surface area contributed by atoms with Crippen molar-refractivity contribution >= 4 is 34.2 Å². The predicted octanol–water partition coefficient (Wildman–Crippen LogP) is 1.97. The van der Waals surface area contributed by atoms with Gasteiger partial charge in [-0.1, -0.05) is 6.92 Å². The highest BCUT2D eigenvalue weighted by Crippen LogP contribution is 2.32. The SMILES string of the molecule is CCn1c(=O)c(=O)[nH]c2cc(C(=O)NNC(=O)c3cc4c(s3)CC[C@H](C)C4)ccc21. The summed E-state index contributed by atoms with van der Waals surface area (Å²) in [6, 6.07) is 6.53. The van der Waals surface area contributed by atoms with Crippen LogP contribution in [0.4, 0.5) is 0 Å². The molecule has 8 nitrogen and oxygen atoms in total. The minimum atomic E-state index is -0.744. The topological polar surface area (TPSA) is 113 Å². The Morgan fingerprint density at radius 3 is 2.73 bits per heavy atom. The molecule has 0 saturated carbocycles. The summed E-state index contributed by atoms with van der Waals surface area (Å²) in [5.41, 5.74) is 5.86. The van der Waals surface area contributed by atoms with Crippen molar-refractivity contribution in [1.29, 1.82) is 0 Å². The van der Waals surface area contributed by atoms with Crippen LogP contribution in [0.3, 0.4) is 0 Å². The minimum absolute atomic E-state index is 0.249. The first-order valence-corrected chi connectivity index (χ1v) is 10.7. The van der Waals surface area contributed by atoms with Gasteiger partial charge in [-0.2, -0.15) is 0 Å². The highest BCUT2D eigenvalue weighted by molar-refractivity contribution is 7.14. The Bertz CT molecular complexity index is 1270. The summed E-state index contributed by atoms with van der Waals surface area (Å²) in [4.78, 5) is 53.0. The maximum Gasteiger partial charge on any atom is 0.316 e.